The molecular formula is C13H17N3S. The first-order valence-corrected chi connectivity index (χ1v) is 6.63. The summed E-state index contributed by atoms with van der Waals surface area (Å²) in [6, 6.07) is 6.46. The van der Waals surface area contributed by atoms with Crippen LogP contribution in [0.2, 0.25) is 0 Å². The molecule has 1 aromatic carbocycles. The molecule has 0 saturated carbocycles. The van der Waals surface area contributed by atoms with E-state index in [1.54, 1.807) is 0 Å². The number of hydrogen-bond donors (Lipinski definition) is 1. The Morgan fingerprint density at radius 3 is 2.71 bits per heavy atom. The highest BCUT2D eigenvalue weighted by Crippen LogP contribution is 2.18. The maximum atomic E-state index is 5.44. The van der Waals surface area contributed by atoms with Crippen LogP contribution in [0.5, 0.6) is 0 Å². The van der Waals surface area contributed by atoms with Gasteiger partial charge in [-0.05, 0) is 56.1 Å². The lowest BCUT2D eigenvalue weighted by molar-refractivity contribution is 0.483. The number of fused-ring (bicyclic) bond motifs is 1. The largest absolute Gasteiger partial charge is 0.329 e. The van der Waals surface area contributed by atoms with Crippen LogP contribution in [0, 0.1) is 11.7 Å². The van der Waals surface area contributed by atoms with Crippen LogP contribution in [-0.2, 0) is 0 Å². The summed E-state index contributed by atoms with van der Waals surface area (Å²) < 4.78 is 2.98. The molecule has 0 atom stereocenters. The van der Waals surface area contributed by atoms with Gasteiger partial charge in [0.2, 0.25) is 0 Å². The predicted octanol–water partition coefficient (Wildman–Crippen LogP) is 3.13. The minimum absolute atomic E-state index is 0.813. The van der Waals surface area contributed by atoms with Gasteiger partial charge >= 0.3 is 0 Å². The summed E-state index contributed by atoms with van der Waals surface area (Å²) in [5.74, 6) is 0. The highest BCUT2D eigenvalue weighted by molar-refractivity contribution is 7.71. The molecule has 90 valence electrons. The van der Waals surface area contributed by atoms with Gasteiger partial charge in [-0.2, -0.15) is 0 Å². The van der Waals surface area contributed by atoms with Gasteiger partial charge in [0, 0.05) is 13.1 Å². The van der Waals surface area contributed by atoms with Gasteiger partial charge in [0.1, 0.15) is 0 Å². The molecule has 2 heterocycles. The van der Waals surface area contributed by atoms with Crippen LogP contribution in [0.15, 0.2) is 18.2 Å². The van der Waals surface area contributed by atoms with Crippen molar-refractivity contribution in [1.29, 1.82) is 0 Å². The Labute approximate surface area is 106 Å². The Balaban J connectivity index is 2.14. The molecule has 1 aromatic heterocycles. The molecule has 0 aliphatic carbocycles. The quantitative estimate of drug-likeness (QED) is 0.783. The van der Waals surface area contributed by atoms with Gasteiger partial charge in [0.25, 0.3) is 0 Å². The zero-order valence-corrected chi connectivity index (χ0v) is 10.9. The van der Waals surface area contributed by atoms with E-state index in [0.29, 0.717) is 0 Å². The summed E-state index contributed by atoms with van der Waals surface area (Å²) in [5, 5.41) is 2.36. The monoisotopic (exact) mass is 247 g/mol. The summed E-state index contributed by atoms with van der Waals surface area (Å²) in [7, 11) is 0. The number of benzene rings is 1. The highest BCUT2D eigenvalue weighted by atomic mass is 32.1. The Hall–Kier alpha value is -1.29. The third-order valence-corrected chi connectivity index (χ3v) is 3.70. The predicted molar refractivity (Wildman–Crippen MR) is 73.7 cm³/mol. The maximum absolute atomic E-state index is 5.44. The van der Waals surface area contributed by atoms with Crippen molar-refractivity contribution in [3.63, 3.8) is 0 Å². The first-order chi connectivity index (χ1) is 8.25. The number of aryl methyl sites for hydroxylation is 1. The fourth-order valence-electron chi connectivity index (χ4n) is 2.57. The minimum Gasteiger partial charge on any atom is -0.329 e. The summed E-state index contributed by atoms with van der Waals surface area (Å²) in [6.07, 6.45) is 3.87. The lowest BCUT2D eigenvalue weighted by Gasteiger charge is -2.29. The van der Waals surface area contributed by atoms with Crippen LogP contribution in [0.3, 0.4) is 0 Å². The van der Waals surface area contributed by atoms with E-state index >= 15 is 0 Å². The smallest absolute Gasteiger partial charge is 0.197 e. The molecular weight excluding hydrogens is 230 g/mol. The molecule has 1 aliphatic heterocycles. The number of aromatic nitrogens is 2. The van der Waals surface area contributed by atoms with Gasteiger partial charge in [0.05, 0.1) is 11.0 Å². The van der Waals surface area contributed by atoms with E-state index in [9.17, 15) is 0 Å². The number of imidazole rings is 1. The molecule has 0 spiro atoms. The minimum atomic E-state index is 0.813. The molecule has 1 N–H and O–H groups in total. The van der Waals surface area contributed by atoms with Crippen molar-refractivity contribution in [2.45, 2.75) is 26.2 Å². The van der Waals surface area contributed by atoms with E-state index in [1.807, 2.05) is 0 Å². The Morgan fingerprint density at radius 1 is 1.18 bits per heavy atom. The fourth-order valence-corrected chi connectivity index (χ4v) is 2.89. The molecule has 3 rings (SSSR count). The second kappa shape index (κ2) is 4.18. The van der Waals surface area contributed by atoms with Crippen molar-refractivity contribution in [3.05, 3.63) is 28.5 Å². The van der Waals surface area contributed by atoms with Crippen molar-refractivity contribution in [2.24, 2.45) is 0 Å². The number of nitrogens with one attached hydrogen (secondary N) is 1. The second-order valence-corrected chi connectivity index (χ2v) is 5.16. The van der Waals surface area contributed by atoms with Crippen molar-refractivity contribution in [1.82, 2.24) is 9.66 Å². The van der Waals surface area contributed by atoms with E-state index in [-0.39, 0.29) is 0 Å². The molecule has 0 unspecified atom stereocenters. The summed E-state index contributed by atoms with van der Waals surface area (Å²) in [5.41, 5.74) is 3.60. The maximum Gasteiger partial charge on any atom is 0.197 e. The van der Waals surface area contributed by atoms with Crippen LogP contribution in [0.1, 0.15) is 24.8 Å². The molecule has 0 amide bonds. The van der Waals surface area contributed by atoms with Crippen molar-refractivity contribution < 1.29 is 0 Å². The first-order valence-electron chi connectivity index (χ1n) is 6.22. The summed E-state index contributed by atoms with van der Waals surface area (Å²) >= 11 is 5.44. The second-order valence-electron chi connectivity index (χ2n) is 4.78. The Kier molecular flexibility index (Phi) is 2.67. The van der Waals surface area contributed by atoms with Crippen LogP contribution in [-0.4, -0.2) is 22.7 Å². The van der Waals surface area contributed by atoms with Crippen LogP contribution in [0.25, 0.3) is 11.0 Å². The van der Waals surface area contributed by atoms with E-state index in [4.69, 9.17) is 12.2 Å². The summed E-state index contributed by atoms with van der Waals surface area (Å²) in [6.45, 7) is 4.32. The number of nitrogens with zero attached hydrogens (tertiary/aromatic N) is 2. The number of hydrogen-bond acceptors (Lipinski definition) is 2. The average Bonchev–Trinajstić information content (AvgIpc) is 2.65. The number of H-pyrrole nitrogens is 1. The van der Waals surface area contributed by atoms with Crippen molar-refractivity contribution in [3.8, 4) is 0 Å². The standard InChI is InChI=1S/C13H17N3S/c1-10-5-6-12-11(9-10)14-13(17)16(12)15-7-3-2-4-8-15/h5-6,9H,2-4,7-8H2,1H3,(H,14,17). The number of aromatic amines is 1. The fraction of sp³-hybridized carbons (Fsp3) is 0.462. The lowest BCUT2D eigenvalue weighted by Crippen LogP contribution is -2.39. The Morgan fingerprint density at radius 2 is 1.94 bits per heavy atom. The molecule has 17 heavy (non-hydrogen) atoms. The highest BCUT2D eigenvalue weighted by Gasteiger charge is 2.14. The van der Waals surface area contributed by atoms with E-state index in [1.165, 1.54) is 30.3 Å². The van der Waals surface area contributed by atoms with E-state index in [0.717, 1.165) is 23.4 Å². The molecule has 1 saturated heterocycles. The van der Waals surface area contributed by atoms with Gasteiger partial charge in [-0.25, -0.2) is 4.68 Å². The summed E-state index contributed by atoms with van der Waals surface area (Å²) in [4.78, 5) is 3.30. The zero-order valence-electron chi connectivity index (χ0n) is 10.1. The first kappa shape index (κ1) is 10.8. The van der Waals surface area contributed by atoms with Gasteiger partial charge in [0.15, 0.2) is 4.77 Å². The normalized spacial score (nSPS) is 16.6. The van der Waals surface area contributed by atoms with E-state index in [2.05, 4.69) is 39.8 Å². The lowest BCUT2D eigenvalue weighted by atomic mass is 10.2. The molecule has 1 fully saturated rings. The van der Waals surface area contributed by atoms with Gasteiger partial charge in [-0.3, -0.25) is 0 Å². The van der Waals surface area contributed by atoms with Gasteiger partial charge in [-0.15, -0.1) is 0 Å². The van der Waals surface area contributed by atoms with Gasteiger partial charge < -0.3 is 9.99 Å². The van der Waals surface area contributed by atoms with Crippen molar-refractivity contribution >= 4 is 23.3 Å². The zero-order chi connectivity index (χ0) is 11.8. The number of rotatable bonds is 1. The SMILES string of the molecule is Cc1ccc2c(c1)[nH]c(=S)n2N1CCCCC1. The molecule has 0 radical (unpaired) electrons. The third-order valence-electron chi connectivity index (χ3n) is 3.43. The van der Waals surface area contributed by atoms with Crippen LogP contribution in [0.4, 0.5) is 0 Å². The van der Waals surface area contributed by atoms with Crippen LogP contribution >= 0.6 is 12.2 Å². The number of piperidine rings is 1. The van der Waals surface area contributed by atoms with Crippen molar-refractivity contribution in [2.75, 3.05) is 18.1 Å². The topological polar surface area (TPSA) is 24.0 Å². The molecule has 1 aliphatic rings. The Bertz CT molecular complexity index is 590. The molecule has 2 aromatic rings. The third kappa shape index (κ3) is 1.86. The average molecular weight is 247 g/mol. The van der Waals surface area contributed by atoms with Gasteiger partial charge in [-0.1, -0.05) is 6.07 Å². The van der Waals surface area contributed by atoms with Crippen LogP contribution < -0.4 is 5.01 Å². The molecule has 0 bridgehead atoms. The van der Waals surface area contributed by atoms with E-state index < -0.39 is 0 Å². The molecule has 3 nitrogen and oxygen atoms in total. The molecule has 4 heteroatoms.